The van der Waals surface area contributed by atoms with Gasteiger partial charge in [0.05, 0.1) is 11.4 Å². The van der Waals surface area contributed by atoms with Gasteiger partial charge in [-0.3, -0.25) is 4.79 Å². The van der Waals surface area contributed by atoms with E-state index in [0.29, 0.717) is 6.54 Å². The van der Waals surface area contributed by atoms with Crippen molar-refractivity contribution in [1.82, 2.24) is 15.3 Å². The van der Waals surface area contributed by atoms with Crippen molar-refractivity contribution in [2.45, 2.75) is 19.2 Å². The van der Waals surface area contributed by atoms with Gasteiger partial charge in [0.1, 0.15) is 5.82 Å². The lowest BCUT2D eigenvalue weighted by Gasteiger charge is -2.03. The number of hydrogen-bond acceptors (Lipinski definition) is 4. The molecular weight excluding hydrogens is 198 g/mol. The van der Waals surface area contributed by atoms with Crippen molar-refractivity contribution in [3.8, 4) is 0 Å². The average Bonchev–Trinajstić information content (AvgIpc) is 2.14. The van der Waals surface area contributed by atoms with Gasteiger partial charge in [0.15, 0.2) is 0 Å². The summed E-state index contributed by atoms with van der Waals surface area (Å²) >= 11 is 1.64. The van der Waals surface area contributed by atoms with Crippen LogP contribution in [0.4, 0.5) is 0 Å². The van der Waals surface area contributed by atoms with Gasteiger partial charge < -0.3 is 10.3 Å². The van der Waals surface area contributed by atoms with Gasteiger partial charge in [-0.1, -0.05) is 6.92 Å². The van der Waals surface area contributed by atoms with Crippen LogP contribution in [0.5, 0.6) is 0 Å². The zero-order valence-corrected chi connectivity index (χ0v) is 9.28. The molecule has 1 heterocycles. The highest BCUT2D eigenvalue weighted by Crippen LogP contribution is 2.02. The lowest BCUT2D eigenvalue weighted by molar-refractivity contribution is 0.702. The third-order valence-corrected chi connectivity index (χ3v) is 2.24. The number of aromatic amines is 1. The Bertz CT molecular complexity index is 337. The number of aromatic nitrogens is 2. The molecule has 0 saturated heterocycles. The second kappa shape index (κ2) is 5.82. The summed E-state index contributed by atoms with van der Waals surface area (Å²) < 4.78 is 0. The zero-order chi connectivity index (χ0) is 10.4. The standard InChI is InChI=1S/C9H15N3OS/c1-3-10-5-7-4-9(13)12-8(11-7)6-14-2/h4,10H,3,5-6H2,1-2H3,(H,11,12,13). The van der Waals surface area contributed by atoms with Crippen LogP contribution in [0.3, 0.4) is 0 Å². The molecule has 5 heteroatoms. The summed E-state index contributed by atoms with van der Waals surface area (Å²) in [4.78, 5) is 18.2. The predicted octanol–water partition coefficient (Wildman–Crippen LogP) is 0.742. The van der Waals surface area contributed by atoms with Crippen molar-refractivity contribution < 1.29 is 0 Å². The Labute approximate surface area is 87.5 Å². The number of hydrogen-bond donors (Lipinski definition) is 2. The number of thioether (sulfide) groups is 1. The maximum absolute atomic E-state index is 11.2. The van der Waals surface area contributed by atoms with Crippen molar-refractivity contribution in [3.63, 3.8) is 0 Å². The van der Waals surface area contributed by atoms with E-state index in [1.165, 1.54) is 6.07 Å². The molecule has 4 nitrogen and oxygen atoms in total. The van der Waals surface area contributed by atoms with Gasteiger partial charge in [-0.05, 0) is 12.8 Å². The fraction of sp³-hybridized carbons (Fsp3) is 0.556. The van der Waals surface area contributed by atoms with Gasteiger partial charge in [-0.2, -0.15) is 11.8 Å². The number of rotatable bonds is 5. The summed E-state index contributed by atoms with van der Waals surface area (Å²) in [7, 11) is 0. The van der Waals surface area contributed by atoms with Crippen LogP contribution in [-0.2, 0) is 12.3 Å². The molecule has 0 aromatic carbocycles. The van der Waals surface area contributed by atoms with E-state index in [4.69, 9.17) is 0 Å². The van der Waals surface area contributed by atoms with Crippen LogP contribution in [0.15, 0.2) is 10.9 Å². The van der Waals surface area contributed by atoms with Gasteiger partial charge in [-0.25, -0.2) is 4.98 Å². The minimum absolute atomic E-state index is 0.0723. The first-order valence-corrected chi connectivity index (χ1v) is 5.94. The summed E-state index contributed by atoms with van der Waals surface area (Å²) in [6, 6.07) is 1.53. The maximum Gasteiger partial charge on any atom is 0.251 e. The molecule has 1 rings (SSSR count). The molecule has 0 radical (unpaired) electrons. The molecule has 0 bridgehead atoms. The molecule has 0 spiro atoms. The number of nitrogens with one attached hydrogen (secondary N) is 2. The normalized spacial score (nSPS) is 10.4. The second-order valence-electron chi connectivity index (χ2n) is 2.90. The zero-order valence-electron chi connectivity index (χ0n) is 8.46. The van der Waals surface area contributed by atoms with Gasteiger partial charge in [0.2, 0.25) is 0 Å². The quantitative estimate of drug-likeness (QED) is 0.757. The first-order valence-electron chi connectivity index (χ1n) is 4.55. The highest BCUT2D eigenvalue weighted by Gasteiger charge is 1.99. The van der Waals surface area contributed by atoms with Crippen LogP contribution in [0.2, 0.25) is 0 Å². The Morgan fingerprint density at radius 3 is 3.07 bits per heavy atom. The molecule has 78 valence electrons. The lowest BCUT2D eigenvalue weighted by Crippen LogP contribution is -2.18. The molecule has 0 amide bonds. The molecule has 14 heavy (non-hydrogen) atoms. The summed E-state index contributed by atoms with van der Waals surface area (Å²) in [5.74, 6) is 1.49. The molecule has 0 atom stereocenters. The summed E-state index contributed by atoms with van der Waals surface area (Å²) in [6.45, 7) is 3.56. The third kappa shape index (κ3) is 3.51. The van der Waals surface area contributed by atoms with Gasteiger partial charge in [-0.15, -0.1) is 0 Å². The topological polar surface area (TPSA) is 57.8 Å². The molecule has 0 fully saturated rings. The van der Waals surface area contributed by atoms with Crippen LogP contribution in [0, 0.1) is 0 Å². The average molecular weight is 213 g/mol. The predicted molar refractivity (Wildman–Crippen MR) is 59.5 cm³/mol. The maximum atomic E-state index is 11.2. The molecule has 1 aromatic rings. The minimum Gasteiger partial charge on any atom is -0.311 e. The van der Waals surface area contributed by atoms with E-state index < -0.39 is 0 Å². The summed E-state index contributed by atoms with van der Waals surface area (Å²) in [6.07, 6.45) is 1.98. The molecule has 1 aromatic heterocycles. The van der Waals surface area contributed by atoms with Crippen LogP contribution in [0.1, 0.15) is 18.4 Å². The smallest absolute Gasteiger partial charge is 0.251 e. The van der Waals surface area contributed by atoms with Crippen molar-refractivity contribution >= 4 is 11.8 Å². The van der Waals surface area contributed by atoms with Crippen molar-refractivity contribution in [1.29, 1.82) is 0 Å². The number of nitrogens with zero attached hydrogens (tertiary/aromatic N) is 1. The first kappa shape index (κ1) is 11.3. The molecule has 0 aliphatic heterocycles. The van der Waals surface area contributed by atoms with Gasteiger partial charge in [0.25, 0.3) is 5.56 Å². The molecule has 0 aliphatic rings. The second-order valence-corrected chi connectivity index (χ2v) is 3.76. The van der Waals surface area contributed by atoms with Crippen LogP contribution < -0.4 is 10.9 Å². The highest BCUT2D eigenvalue weighted by molar-refractivity contribution is 7.97. The van der Waals surface area contributed by atoms with Crippen molar-refractivity contribution in [2.24, 2.45) is 0 Å². The summed E-state index contributed by atoms with van der Waals surface area (Å²) in [5, 5.41) is 3.14. The van der Waals surface area contributed by atoms with Crippen LogP contribution in [-0.4, -0.2) is 22.8 Å². The molecule has 2 N–H and O–H groups in total. The lowest BCUT2D eigenvalue weighted by atomic mass is 10.4. The molecule has 0 saturated carbocycles. The first-order chi connectivity index (χ1) is 6.76. The SMILES string of the molecule is CCNCc1cc(=O)[nH]c(CSC)n1. The fourth-order valence-corrected chi connectivity index (χ4v) is 1.52. The highest BCUT2D eigenvalue weighted by atomic mass is 32.2. The Hall–Kier alpha value is -0.810. The Morgan fingerprint density at radius 2 is 2.43 bits per heavy atom. The van der Waals surface area contributed by atoms with E-state index in [1.807, 2.05) is 13.2 Å². The van der Waals surface area contributed by atoms with Crippen molar-refractivity contribution in [2.75, 3.05) is 12.8 Å². The number of H-pyrrole nitrogens is 1. The van der Waals surface area contributed by atoms with E-state index in [0.717, 1.165) is 23.8 Å². The Morgan fingerprint density at radius 1 is 1.64 bits per heavy atom. The Balaban J connectivity index is 2.78. The molecule has 0 unspecified atom stereocenters. The van der Waals surface area contributed by atoms with Crippen molar-refractivity contribution in [3.05, 3.63) is 27.9 Å². The monoisotopic (exact) mass is 213 g/mol. The fourth-order valence-electron chi connectivity index (χ4n) is 1.11. The molecular formula is C9H15N3OS. The van der Waals surface area contributed by atoms with E-state index >= 15 is 0 Å². The van der Waals surface area contributed by atoms with Gasteiger partial charge >= 0.3 is 0 Å². The minimum atomic E-state index is -0.0723. The van der Waals surface area contributed by atoms with E-state index in [1.54, 1.807) is 11.8 Å². The Kier molecular flexibility index (Phi) is 4.69. The van der Waals surface area contributed by atoms with Crippen LogP contribution >= 0.6 is 11.8 Å². The van der Waals surface area contributed by atoms with Gasteiger partial charge in [0, 0.05) is 12.6 Å². The van der Waals surface area contributed by atoms with E-state index in [-0.39, 0.29) is 5.56 Å². The summed E-state index contributed by atoms with van der Waals surface area (Å²) in [5.41, 5.74) is 0.733. The van der Waals surface area contributed by atoms with E-state index in [9.17, 15) is 4.79 Å². The largest absolute Gasteiger partial charge is 0.311 e. The van der Waals surface area contributed by atoms with Crippen LogP contribution in [0.25, 0.3) is 0 Å². The van der Waals surface area contributed by atoms with E-state index in [2.05, 4.69) is 15.3 Å². The third-order valence-electron chi connectivity index (χ3n) is 1.68. The molecule has 0 aliphatic carbocycles.